The molecular formula is C30H33ClN2O10. The fourth-order valence-corrected chi connectivity index (χ4v) is 5.80. The summed E-state index contributed by atoms with van der Waals surface area (Å²) >= 11 is 6.53. The summed E-state index contributed by atoms with van der Waals surface area (Å²) in [5.41, 5.74) is -1.91. The van der Waals surface area contributed by atoms with E-state index in [-0.39, 0.29) is 76.7 Å². The number of ether oxygens (including phenoxy) is 4. The molecule has 12 nitrogen and oxygen atoms in total. The van der Waals surface area contributed by atoms with Gasteiger partial charge in [-0.3, -0.25) is 19.2 Å². The van der Waals surface area contributed by atoms with Crippen LogP contribution in [0.2, 0.25) is 5.02 Å². The van der Waals surface area contributed by atoms with E-state index >= 15 is 0 Å². The lowest BCUT2D eigenvalue weighted by molar-refractivity contribution is -0.122. The van der Waals surface area contributed by atoms with Crippen molar-refractivity contribution in [1.82, 2.24) is 10.6 Å². The monoisotopic (exact) mass is 616 g/mol. The van der Waals surface area contributed by atoms with Crippen molar-refractivity contribution in [3.8, 4) is 28.7 Å². The van der Waals surface area contributed by atoms with Crippen molar-refractivity contribution in [3.05, 3.63) is 51.7 Å². The van der Waals surface area contributed by atoms with Gasteiger partial charge in [0.05, 0.1) is 21.3 Å². The highest BCUT2D eigenvalue weighted by Crippen LogP contribution is 2.56. The molecule has 1 spiro atoms. The number of benzene rings is 2. The lowest BCUT2D eigenvalue weighted by Gasteiger charge is -2.38. The van der Waals surface area contributed by atoms with Crippen molar-refractivity contribution in [3.63, 3.8) is 0 Å². The molecule has 230 valence electrons. The molecule has 2 aliphatic rings. The number of fused-ring (bicyclic) bond motifs is 1. The highest BCUT2D eigenvalue weighted by Gasteiger charge is 2.61. The van der Waals surface area contributed by atoms with Crippen LogP contribution in [0.1, 0.15) is 48.5 Å². The average Bonchev–Trinajstić information content (AvgIpc) is 3.29. The molecule has 2 aromatic carbocycles. The van der Waals surface area contributed by atoms with Crippen LogP contribution in [0.15, 0.2) is 35.6 Å². The largest absolute Gasteiger partial charge is 0.507 e. The molecule has 2 aromatic rings. The Balaban J connectivity index is 1.86. The molecule has 0 saturated carbocycles. The van der Waals surface area contributed by atoms with Gasteiger partial charge >= 0.3 is 0 Å². The summed E-state index contributed by atoms with van der Waals surface area (Å²) in [6, 6.07) is 5.70. The van der Waals surface area contributed by atoms with Gasteiger partial charge in [-0.2, -0.15) is 0 Å². The van der Waals surface area contributed by atoms with Crippen LogP contribution in [-0.2, 0) is 14.4 Å². The van der Waals surface area contributed by atoms with Gasteiger partial charge < -0.3 is 39.8 Å². The molecule has 1 aliphatic carbocycles. The number of carbonyl (C=O) groups is 4. The highest BCUT2D eigenvalue weighted by atomic mass is 35.5. The van der Waals surface area contributed by atoms with Crippen LogP contribution < -0.4 is 29.6 Å². The number of hydrogen-bond donors (Lipinski definition) is 4. The number of phenolic OH excluding ortho intramolecular Hbond substituents is 1. The summed E-state index contributed by atoms with van der Waals surface area (Å²) in [6.45, 7) is 3.24. The first-order chi connectivity index (χ1) is 20.4. The Bertz CT molecular complexity index is 1520. The first-order valence-electron chi connectivity index (χ1n) is 13.4. The lowest BCUT2D eigenvalue weighted by Crippen LogP contribution is -2.53. The number of nitrogens with one attached hydrogen (secondary N) is 2. The minimum absolute atomic E-state index is 0.0136. The van der Waals surface area contributed by atoms with Gasteiger partial charge in [-0.1, -0.05) is 24.6 Å². The summed E-state index contributed by atoms with van der Waals surface area (Å²) in [4.78, 5) is 52.1. The molecule has 43 heavy (non-hydrogen) atoms. The topological polar surface area (TPSA) is 170 Å². The fraction of sp³-hybridized carbons (Fsp3) is 0.400. The zero-order chi connectivity index (χ0) is 31.6. The van der Waals surface area contributed by atoms with Gasteiger partial charge in [-0.15, -0.1) is 0 Å². The number of rotatable bonds is 10. The number of carbonyl (C=O) groups excluding carboxylic acids is 4. The van der Waals surface area contributed by atoms with Crippen molar-refractivity contribution in [2.24, 2.45) is 5.92 Å². The van der Waals surface area contributed by atoms with Crippen LogP contribution in [0.25, 0.3) is 0 Å². The number of methoxy groups -OCH3 is 3. The van der Waals surface area contributed by atoms with Gasteiger partial charge in [0.1, 0.15) is 22.1 Å². The fourth-order valence-electron chi connectivity index (χ4n) is 5.53. The summed E-state index contributed by atoms with van der Waals surface area (Å²) in [5, 5.41) is 27.4. The molecule has 0 radical (unpaired) electrons. The molecule has 3 atom stereocenters. The Morgan fingerprint density at radius 3 is 2.33 bits per heavy atom. The predicted octanol–water partition coefficient (Wildman–Crippen LogP) is 3.23. The standard InChI is InChI=1S/C30H33ClN2O10/c1-14-10-19(36)24(28(38)30(14)29(39)25-21(41-4)13-22(42-5)26(31)27(25)43-30)17(12-23(37)33-9-8-32-15(2)34)16-6-7-18(35)20(11-16)40-3/h6-7,11,13-14,17,35,38H,8-10,12H2,1-5H3,(H,32,34)(H,33,37). The number of hydrogen-bond acceptors (Lipinski definition) is 10. The van der Waals surface area contributed by atoms with Gasteiger partial charge in [0, 0.05) is 56.3 Å². The van der Waals surface area contributed by atoms with Crippen LogP contribution in [-0.4, -0.2) is 73.6 Å². The number of phenols is 1. The van der Waals surface area contributed by atoms with Crippen LogP contribution in [0.5, 0.6) is 28.7 Å². The summed E-state index contributed by atoms with van der Waals surface area (Å²) in [7, 11) is 4.08. The molecule has 1 aliphatic heterocycles. The number of aliphatic hydroxyl groups excluding tert-OH is 1. The van der Waals surface area contributed by atoms with Gasteiger partial charge in [-0.25, -0.2) is 0 Å². The van der Waals surface area contributed by atoms with Crippen molar-refractivity contribution >= 4 is 35.0 Å². The molecule has 4 rings (SSSR count). The number of Topliss-reactive ketones (excluding diaryl/α,β-unsaturated/α-hetero) is 2. The Morgan fingerprint density at radius 1 is 1.05 bits per heavy atom. The van der Waals surface area contributed by atoms with E-state index in [2.05, 4.69) is 10.6 Å². The number of aliphatic hydroxyl groups is 1. The molecule has 0 bridgehead atoms. The maximum atomic E-state index is 14.2. The van der Waals surface area contributed by atoms with Crippen molar-refractivity contribution < 1.29 is 48.3 Å². The molecule has 13 heteroatoms. The van der Waals surface area contributed by atoms with Crippen molar-refractivity contribution in [2.45, 2.75) is 38.2 Å². The van der Waals surface area contributed by atoms with Gasteiger partial charge in [0.2, 0.25) is 23.2 Å². The first kappa shape index (κ1) is 31.5. The van der Waals surface area contributed by atoms with Gasteiger partial charge in [0.25, 0.3) is 0 Å². The third-order valence-electron chi connectivity index (χ3n) is 7.68. The van der Waals surface area contributed by atoms with Crippen LogP contribution in [0.4, 0.5) is 0 Å². The molecule has 0 aromatic heterocycles. The van der Waals surface area contributed by atoms with E-state index in [1.54, 1.807) is 6.92 Å². The number of ketones is 2. The Morgan fingerprint density at radius 2 is 1.70 bits per heavy atom. The van der Waals surface area contributed by atoms with E-state index in [0.29, 0.717) is 5.56 Å². The minimum atomic E-state index is -2.05. The van der Waals surface area contributed by atoms with Crippen LogP contribution >= 0.6 is 11.6 Å². The number of aromatic hydroxyl groups is 1. The zero-order valence-electron chi connectivity index (χ0n) is 24.3. The van der Waals surface area contributed by atoms with E-state index in [9.17, 15) is 29.4 Å². The first-order valence-corrected chi connectivity index (χ1v) is 13.8. The van der Waals surface area contributed by atoms with E-state index in [1.165, 1.54) is 52.5 Å². The van der Waals surface area contributed by atoms with Crippen LogP contribution in [0.3, 0.4) is 0 Å². The predicted molar refractivity (Wildman–Crippen MR) is 154 cm³/mol. The van der Waals surface area contributed by atoms with Gasteiger partial charge in [0.15, 0.2) is 28.8 Å². The number of allylic oxidation sites excluding steroid dienone is 1. The molecule has 3 unspecified atom stereocenters. The van der Waals surface area contributed by atoms with E-state index < -0.39 is 40.7 Å². The average molecular weight is 617 g/mol. The normalized spacial score (nSPS) is 19.9. The third kappa shape index (κ3) is 5.54. The second kappa shape index (κ2) is 12.4. The van der Waals surface area contributed by atoms with E-state index in [4.69, 9.17) is 30.5 Å². The quantitative estimate of drug-likeness (QED) is 0.291. The number of amides is 2. The second-order valence-corrected chi connectivity index (χ2v) is 10.7. The summed E-state index contributed by atoms with van der Waals surface area (Å²) in [6.07, 6.45) is -0.533. The molecule has 1 heterocycles. The molecular weight excluding hydrogens is 584 g/mol. The van der Waals surface area contributed by atoms with Gasteiger partial charge in [-0.05, 0) is 17.7 Å². The maximum Gasteiger partial charge on any atom is 0.231 e. The molecule has 0 saturated heterocycles. The highest BCUT2D eigenvalue weighted by molar-refractivity contribution is 6.35. The summed E-state index contributed by atoms with van der Waals surface area (Å²) in [5.74, 6) is -4.38. The van der Waals surface area contributed by atoms with Crippen molar-refractivity contribution in [2.75, 3.05) is 34.4 Å². The molecule has 4 N–H and O–H groups in total. The minimum Gasteiger partial charge on any atom is -0.507 e. The SMILES string of the molecule is COc1cc(C(CC(=O)NCCNC(C)=O)C2=C(O)C3(Oc4c(Cl)c(OC)cc(OC)c4C3=O)C(C)CC2=O)ccc1O. The van der Waals surface area contributed by atoms with Crippen LogP contribution in [0, 0.1) is 5.92 Å². The van der Waals surface area contributed by atoms with Crippen molar-refractivity contribution in [1.29, 1.82) is 0 Å². The lowest BCUT2D eigenvalue weighted by atomic mass is 9.69. The zero-order valence-corrected chi connectivity index (χ0v) is 25.1. The Hall–Kier alpha value is -4.45. The number of halogens is 1. The third-order valence-corrected chi connectivity index (χ3v) is 8.03. The Labute approximate surface area is 252 Å². The smallest absolute Gasteiger partial charge is 0.231 e. The molecule has 0 fully saturated rings. The molecule has 2 amide bonds. The second-order valence-electron chi connectivity index (χ2n) is 10.3. The van der Waals surface area contributed by atoms with E-state index in [0.717, 1.165) is 0 Å². The van der Waals surface area contributed by atoms with E-state index in [1.807, 2.05) is 0 Å². The Kier molecular flexibility index (Phi) is 9.09. The summed E-state index contributed by atoms with van der Waals surface area (Å²) < 4.78 is 22.2. The maximum absolute atomic E-state index is 14.2.